The third-order valence-electron chi connectivity index (χ3n) is 4.18. The van der Waals surface area contributed by atoms with Gasteiger partial charge in [0.05, 0.1) is 12.0 Å². The van der Waals surface area contributed by atoms with Gasteiger partial charge in [-0.25, -0.2) is 8.42 Å². The summed E-state index contributed by atoms with van der Waals surface area (Å²) < 4.78 is 32.1. The minimum absolute atomic E-state index is 0.311. The van der Waals surface area contributed by atoms with E-state index in [1.165, 1.54) is 5.56 Å². The molecule has 0 radical (unpaired) electrons. The number of hydrogen-bond acceptors (Lipinski definition) is 5. The predicted molar refractivity (Wildman–Crippen MR) is 91.3 cm³/mol. The van der Waals surface area contributed by atoms with Crippen LogP contribution in [-0.4, -0.2) is 55.9 Å². The van der Waals surface area contributed by atoms with Crippen LogP contribution < -0.4 is 4.74 Å². The molecule has 1 saturated heterocycles. The number of methoxy groups -OCH3 is 1. The summed E-state index contributed by atoms with van der Waals surface area (Å²) in [6.07, 6.45) is 3.56. The minimum atomic E-state index is -3.44. The lowest BCUT2D eigenvalue weighted by atomic mass is 10.2. The van der Waals surface area contributed by atoms with Crippen molar-refractivity contribution in [1.82, 2.24) is 14.2 Å². The van der Waals surface area contributed by atoms with E-state index in [1.54, 1.807) is 48.1 Å². The Labute approximate surface area is 142 Å². The Hall–Kier alpha value is -1.96. The molecule has 0 unspecified atom stereocenters. The van der Waals surface area contributed by atoms with E-state index in [4.69, 9.17) is 4.74 Å². The zero-order valence-electron chi connectivity index (χ0n) is 13.6. The maximum Gasteiger partial charge on any atom is 0.243 e. The molecule has 1 aromatic heterocycles. The van der Waals surface area contributed by atoms with Crippen molar-refractivity contribution < 1.29 is 13.2 Å². The van der Waals surface area contributed by atoms with E-state index in [0.717, 1.165) is 19.6 Å². The molecule has 0 spiro atoms. The Morgan fingerprint density at radius 2 is 1.62 bits per heavy atom. The number of benzene rings is 1. The number of pyridine rings is 1. The summed E-state index contributed by atoms with van der Waals surface area (Å²) in [4.78, 5) is 6.58. The predicted octanol–water partition coefficient (Wildman–Crippen LogP) is 1.60. The molecule has 1 aliphatic heterocycles. The molecule has 3 rings (SSSR count). The molecule has 2 heterocycles. The monoisotopic (exact) mass is 347 g/mol. The Balaban J connectivity index is 1.62. The molecule has 0 saturated carbocycles. The van der Waals surface area contributed by atoms with E-state index in [0.29, 0.717) is 23.7 Å². The van der Waals surface area contributed by atoms with Gasteiger partial charge in [0.15, 0.2) is 0 Å². The number of hydrogen-bond donors (Lipinski definition) is 0. The van der Waals surface area contributed by atoms with Crippen LogP contribution in [0.1, 0.15) is 5.56 Å². The molecule has 1 fully saturated rings. The van der Waals surface area contributed by atoms with Crippen LogP contribution in [0.2, 0.25) is 0 Å². The number of piperazine rings is 1. The molecule has 24 heavy (non-hydrogen) atoms. The highest BCUT2D eigenvalue weighted by Crippen LogP contribution is 2.21. The molecule has 128 valence electrons. The first-order chi connectivity index (χ1) is 11.6. The van der Waals surface area contributed by atoms with Crippen molar-refractivity contribution in [3.63, 3.8) is 0 Å². The van der Waals surface area contributed by atoms with E-state index in [1.807, 2.05) is 12.1 Å². The fourth-order valence-corrected chi connectivity index (χ4v) is 4.19. The van der Waals surface area contributed by atoms with Crippen LogP contribution >= 0.6 is 0 Å². The van der Waals surface area contributed by atoms with Crippen molar-refractivity contribution in [2.24, 2.45) is 0 Å². The highest BCUT2D eigenvalue weighted by molar-refractivity contribution is 7.89. The first-order valence-electron chi connectivity index (χ1n) is 7.85. The molecule has 0 N–H and O–H groups in total. The van der Waals surface area contributed by atoms with Gasteiger partial charge in [0.1, 0.15) is 5.75 Å². The summed E-state index contributed by atoms with van der Waals surface area (Å²) in [7, 11) is -1.88. The Kier molecular flexibility index (Phi) is 5.13. The molecule has 0 aliphatic carbocycles. The van der Waals surface area contributed by atoms with Gasteiger partial charge in [-0.15, -0.1) is 0 Å². The lowest BCUT2D eigenvalue weighted by Gasteiger charge is -2.34. The smallest absolute Gasteiger partial charge is 0.243 e. The third-order valence-corrected chi connectivity index (χ3v) is 6.10. The molecule has 2 aromatic rings. The van der Waals surface area contributed by atoms with E-state index in [9.17, 15) is 8.42 Å². The molecule has 0 atom stereocenters. The molecule has 0 amide bonds. The topological polar surface area (TPSA) is 62.7 Å². The first-order valence-corrected chi connectivity index (χ1v) is 9.29. The van der Waals surface area contributed by atoms with Crippen molar-refractivity contribution in [3.8, 4) is 5.75 Å². The summed E-state index contributed by atoms with van der Waals surface area (Å²) in [5.74, 6) is 0.649. The quantitative estimate of drug-likeness (QED) is 0.822. The van der Waals surface area contributed by atoms with Crippen LogP contribution in [0.5, 0.6) is 5.75 Å². The van der Waals surface area contributed by atoms with Gasteiger partial charge in [0.2, 0.25) is 10.0 Å². The van der Waals surface area contributed by atoms with Crippen molar-refractivity contribution in [1.29, 1.82) is 0 Å². The summed E-state index contributed by atoms with van der Waals surface area (Å²) in [6.45, 7) is 3.26. The lowest BCUT2D eigenvalue weighted by molar-refractivity contribution is 0.181. The minimum Gasteiger partial charge on any atom is -0.497 e. The summed E-state index contributed by atoms with van der Waals surface area (Å²) in [5.41, 5.74) is 1.19. The van der Waals surface area contributed by atoms with Crippen molar-refractivity contribution >= 4 is 10.0 Å². The summed E-state index contributed by atoms with van der Waals surface area (Å²) in [6, 6.07) is 10.5. The summed E-state index contributed by atoms with van der Waals surface area (Å²) in [5, 5.41) is 0. The highest BCUT2D eigenvalue weighted by Gasteiger charge is 2.28. The zero-order valence-corrected chi connectivity index (χ0v) is 14.4. The standard InChI is InChI=1S/C17H21N3O3S/c1-23-16-2-4-17(5-3-16)24(21,22)20-12-10-19(11-13-20)14-15-6-8-18-9-7-15/h2-9H,10-14H2,1H3. The van der Waals surface area contributed by atoms with E-state index in [-0.39, 0.29) is 0 Å². The lowest BCUT2D eigenvalue weighted by Crippen LogP contribution is -2.48. The van der Waals surface area contributed by atoms with Crippen LogP contribution in [0.15, 0.2) is 53.7 Å². The normalized spacial score (nSPS) is 16.9. The highest BCUT2D eigenvalue weighted by atomic mass is 32.2. The van der Waals surface area contributed by atoms with Crippen LogP contribution in [0, 0.1) is 0 Å². The number of sulfonamides is 1. The van der Waals surface area contributed by atoms with E-state index in [2.05, 4.69) is 9.88 Å². The Morgan fingerprint density at radius 1 is 1.00 bits per heavy atom. The van der Waals surface area contributed by atoms with Crippen molar-refractivity contribution in [2.75, 3.05) is 33.3 Å². The third kappa shape index (κ3) is 3.75. The Morgan fingerprint density at radius 3 is 2.21 bits per heavy atom. The van der Waals surface area contributed by atoms with Crippen molar-refractivity contribution in [3.05, 3.63) is 54.4 Å². The molecule has 1 aromatic carbocycles. The number of nitrogens with zero attached hydrogens (tertiary/aromatic N) is 3. The maximum atomic E-state index is 12.7. The van der Waals surface area contributed by atoms with Crippen molar-refractivity contribution in [2.45, 2.75) is 11.4 Å². The maximum absolute atomic E-state index is 12.7. The van der Waals surface area contributed by atoms with Crippen LogP contribution in [0.25, 0.3) is 0 Å². The number of rotatable bonds is 5. The van der Waals surface area contributed by atoms with Gasteiger partial charge in [-0.1, -0.05) is 0 Å². The average Bonchev–Trinajstić information content (AvgIpc) is 2.63. The first kappa shape index (κ1) is 16.9. The molecule has 6 nitrogen and oxygen atoms in total. The van der Waals surface area contributed by atoms with Crippen LogP contribution in [0.3, 0.4) is 0 Å². The molecule has 1 aliphatic rings. The molecular weight excluding hydrogens is 326 g/mol. The number of ether oxygens (including phenoxy) is 1. The van der Waals surface area contributed by atoms with Gasteiger partial charge in [-0.05, 0) is 42.0 Å². The fourth-order valence-electron chi connectivity index (χ4n) is 2.77. The second kappa shape index (κ2) is 7.29. The van der Waals surface area contributed by atoms with Crippen LogP contribution in [0.4, 0.5) is 0 Å². The SMILES string of the molecule is COc1ccc(S(=O)(=O)N2CCN(Cc3ccncc3)CC2)cc1. The Bertz CT molecular complexity index is 755. The number of aromatic nitrogens is 1. The van der Waals surface area contributed by atoms with Gasteiger partial charge >= 0.3 is 0 Å². The van der Waals surface area contributed by atoms with Crippen LogP contribution in [-0.2, 0) is 16.6 Å². The zero-order chi connectivity index (χ0) is 17.0. The second-order valence-electron chi connectivity index (χ2n) is 5.71. The van der Waals surface area contributed by atoms with Gasteiger partial charge in [-0.2, -0.15) is 4.31 Å². The fraction of sp³-hybridized carbons (Fsp3) is 0.353. The van der Waals surface area contributed by atoms with E-state index < -0.39 is 10.0 Å². The molecule has 7 heteroatoms. The largest absolute Gasteiger partial charge is 0.497 e. The molecule has 0 bridgehead atoms. The molecular formula is C17H21N3O3S. The van der Waals surface area contributed by atoms with Gasteiger partial charge < -0.3 is 4.74 Å². The second-order valence-corrected chi connectivity index (χ2v) is 7.65. The average molecular weight is 347 g/mol. The van der Waals surface area contributed by atoms with E-state index >= 15 is 0 Å². The summed E-state index contributed by atoms with van der Waals surface area (Å²) >= 11 is 0. The van der Waals surface area contributed by atoms with Gasteiger partial charge in [-0.3, -0.25) is 9.88 Å². The van der Waals surface area contributed by atoms with Gasteiger partial charge in [0.25, 0.3) is 0 Å². The van der Waals surface area contributed by atoms with Gasteiger partial charge in [0, 0.05) is 45.1 Å².